The number of hydrogen-bond donors (Lipinski definition) is 2. The largest absolute Gasteiger partial charge is 0.478 e. The molecule has 2 bridgehead atoms. The average molecular weight is 626 g/mol. The molecule has 5 rings (SSSR count). The Morgan fingerprint density at radius 2 is 1.93 bits per heavy atom. The topological polar surface area (TPSA) is 86.7 Å². The summed E-state index contributed by atoms with van der Waals surface area (Å²) >= 11 is 9.41. The number of carboxylic acids is 1. The number of anilines is 1. The quantitative estimate of drug-likeness (QED) is 0.292. The summed E-state index contributed by atoms with van der Waals surface area (Å²) in [5, 5.41) is 12.6. The molecule has 6 nitrogen and oxygen atoms in total. The standard InChI is InChI=1S/C31H27BrClFN2O4/c1-17-4-2-7-26(36-13-12-20(16-27(36)37)28-23(32)9-10-24(33)29(28)34)19-6-3-5-18(14-19)22-15-21(31(39)40)8-11-25(22)35-30(17)38/h3,5-6,8-11,14-17,26H,2,4,7,12-13H2,1H3,(H,35,38)(H,39,40)/t17-,26-/m1/s1. The number of carbonyl (C=O) groups excluding carboxylic acids is 2. The molecule has 2 aliphatic rings. The summed E-state index contributed by atoms with van der Waals surface area (Å²) in [6.45, 7) is 2.24. The maximum atomic E-state index is 14.9. The first-order chi connectivity index (χ1) is 19.1. The van der Waals surface area contributed by atoms with Crippen LogP contribution in [-0.2, 0) is 9.59 Å². The van der Waals surface area contributed by atoms with Gasteiger partial charge in [-0.05, 0) is 72.4 Å². The number of benzene rings is 3. The number of halogens is 3. The second-order valence-electron chi connectivity index (χ2n) is 10.2. The average Bonchev–Trinajstić information content (AvgIpc) is 2.93. The Hall–Kier alpha value is -3.49. The van der Waals surface area contributed by atoms with Gasteiger partial charge in [0.2, 0.25) is 11.8 Å². The highest BCUT2D eigenvalue weighted by molar-refractivity contribution is 9.10. The van der Waals surface area contributed by atoms with Gasteiger partial charge in [-0.3, -0.25) is 9.59 Å². The Morgan fingerprint density at radius 1 is 1.12 bits per heavy atom. The van der Waals surface area contributed by atoms with E-state index in [1.807, 2.05) is 31.2 Å². The van der Waals surface area contributed by atoms with E-state index in [0.29, 0.717) is 59.1 Å². The van der Waals surface area contributed by atoms with Gasteiger partial charge < -0.3 is 15.3 Å². The Balaban J connectivity index is 1.56. The van der Waals surface area contributed by atoms with E-state index in [4.69, 9.17) is 11.6 Å². The van der Waals surface area contributed by atoms with E-state index in [1.54, 1.807) is 23.1 Å². The first kappa shape index (κ1) is 28.1. The van der Waals surface area contributed by atoms with Gasteiger partial charge in [0.05, 0.1) is 16.6 Å². The van der Waals surface area contributed by atoms with Gasteiger partial charge in [-0.15, -0.1) is 0 Å². The lowest BCUT2D eigenvalue weighted by Crippen LogP contribution is -2.37. The molecule has 40 heavy (non-hydrogen) atoms. The van der Waals surface area contributed by atoms with Gasteiger partial charge in [0.25, 0.3) is 0 Å². The number of hydrogen-bond acceptors (Lipinski definition) is 3. The van der Waals surface area contributed by atoms with Crippen molar-refractivity contribution in [3.05, 3.63) is 92.7 Å². The van der Waals surface area contributed by atoms with Crippen LogP contribution in [-0.4, -0.2) is 34.3 Å². The van der Waals surface area contributed by atoms with Crippen molar-refractivity contribution in [2.45, 2.75) is 38.6 Å². The third-order valence-electron chi connectivity index (χ3n) is 7.61. The SMILES string of the molecule is C[C@@H]1CCC[C@@H](N2CCC(c3c(Br)ccc(Cl)c3F)=CC2=O)c2cccc(c2)-c2cc(C(=O)O)ccc2NC1=O. The summed E-state index contributed by atoms with van der Waals surface area (Å²) in [7, 11) is 0. The molecule has 2 heterocycles. The lowest BCUT2D eigenvalue weighted by molar-refractivity contribution is -0.129. The minimum Gasteiger partial charge on any atom is -0.478 e. The van der Waals surface area contributed by atoms with Crippen LogP contribution in [0.1, 0.15) is 60.1 Å². The molecule has 0 saturated heterocycles. The molecule has 206 valence electrons. The number of carbonyl (C=O) groups is 3. The van der Waals surface area contributed by atoms with E-state index < -0.39 is 11.8 Å². The van der Waals surface area contributed by atoms with Crippen LogP contribution in [0.25, 0.3) is 16.7 Å². The second kappa shape index (κ2) is 11.6. The van der Waals surface area contributed by atoms with Crippen LogP contribution >= 0.6 is 27.5 Å². The molecular formula is C31H27BrClFN2O4. The van der Waals surface area contributed by atoms with Crippen LogP contribution in [0.4, 0.5) is 10.1 Å². The fraction of sp³-hybridized carbons (Fsp3) is 0.258. The summed E-state index contributed by atoms with van der Waals surface area (Å²) in [5.74, 6) is -2.28. The molecule has 3 aromatic rings. The number of rotatable bonds is 3. The molecule has 2 atom stereocenters. The molecule has 0 spiro atoms. The number of nitrogens with zero attached hydrogens (tertiary/aromatic N) is 1. The van der Waals surface area contributed by atoms with Crippen molar-refractivity contribution in [3.63, 3.8) is 0 Å². The van der Waals surface area contributed by atoms with E-state index in [9.17, 15) is 23.9 Å². The number of fused-ring (bicyclic) bond motifs is 4. The van der Waals surface area contributed by atoms with Crippen molar-refractivity contribution in [3.8, 4) is 11.1 Å². The zero-order valence-electron chi connectivity index (χ0n) is 21.7. The monoisotopic (exact) mass is 624 g/mol. The van der Waals surface area contributed by atoms with Crippen LogP contribution in [0.15, 0.2) is 65.1 Å². The van der Waals surface area contributed by atoms with Gasteiger partial charge in [-0.2, -0.15) is 0 Å². The van der Waals surface area contributed by atoms with Gasteiger partial charge in [-0.1, -0.05) is 59.1 Å². The Bertz CT molecular complexity index is 1560. The Morgan fingerprint density at radius 3 is 2.67 bits per heavy atom. The normalized spacial score (nSPS) is 19.6. The summed E-state index contributed by atoms with van der Waals surface area (Å²) in [6, 6.07) is 15.2. The Labute approximate surface area is 245 Å². The zero-order valence-corrected chi connectivity index (χ0v) is 24.1. The second-order valence-corrected chi connectivity index (χ2v) is 11.5. The smallest absolute Gasteiger partial charge is 0.335 e. The van der Waals surface area contributed by atoms with Crippen molar-refractivity contribution in [2.75, 3.05) is 11.9 Å². The zero-order chi connectivity index (χ0) is 28.6. The molecule has 2 amide bonds. The first-order valence-corrected chi connectivity index (χ1v) is 14.2. The lowest BCUT2D eigenvalue weighted by Gasteiger charge is -2.35. The summed E-state index contributed by atoms with van der Waals surface area (Å²) in [4.78, 5) is 40.0. The predicted octanol–water partition coefficient (Wildman–Crippen LogP) is 7.72. The molecule has 0 fully saturated rings. The first-order valence-electron chi connectivity index (χ1n) is 13.1. The summed E-state index contributed by atoms with van der Waals surface area (Å²) < 4.78 is 15.4. The van der Waals surface area contributed by atoms with Crippen molar-refractivity contribution in [1.82, 2.24) is 4.90 Å². The molecule has 0 radical (unpaired) electrons. The number of aromatic carboxylic acids is 1. The minimum atomic E-state index is -1.06. The molecule has 2 N–H and O–H groups in total. The van der Waals surface area contributed by atoms with Gasteiger partial charge in [0.1, 0.15) is 5.82 Å². The van der Waals surface area contributed by atoms with Gasteiger partial charge in [-0.25, -0.2) is 9.18 Å². The highest BCUT2D eigenvalue weighted by Gasteiger charge is 2.30. The van der Waals surface area contributed by atoms with Gasteiger partial charge >= 0.3 is 5.97 Å². The van der Waals surface area contributed by atoms with Crippen molar-refractivity contribution in [2.24, 2.45) is 5.92 Å². The van der Waals surface area contributed by atoms with Crippen LogP contribution < -0.4 is 5.32 Å². The van der Waals surface area contributed by atoms with Crippen LogP contribution in [0, 0.1) is 11.7 Å². The van der Waals surface area contributed by atoms with Crippen LogP contribution in [0.2, 0.25) is 5.02 Å². The lowest BCUT2D eigenvalue weighted by atomic mass is 9.90. The molecule has 0 aliphatic carbocycles. The van der Waals surface area contributed by atoms with Crippen LogP contribution in [0.3, 0.4) is 0 Å². The van der Waals surface area contributed by atoms with Crippen molar-refractivity contribution < 1.29 is 23.9 Å². The highest BCUT2D eigenvalue weighted by atomic mass is 79.9. The molecule has 9 heteroatoms. The molecule has 0 aromatic heterocycles. The third kappa shape index (κ3) is 5.56. The summed E-state index contributed by atoms with van der Waals surface area (Å²) in [5.41, 5.74) is 3.76. The van der Waals surface area contributed by atoms with E-state index in [-0.39, 0.29) is 34.4 Å². The molecule has 3 aromatic carbocycles. The molecule has 2 aliphatic heterocycles. The Kier molecular flexibility index (Phi) is 8.10. The van der Waals surface area contributed by atoms with Crippen LogP contribution in [0.5, 0.6) is 0 Å². The van der Waals surface area contributed by atoms with Gasteiger partial charge in [0, 0.05) is 39.8 Å². The van der Waals surface area contributed by atoms with E-state index in [0.717, 1.165) is 11.1 Å². The number of nitrogens with one attached hydrogen (secondary N) is 1. The van der Waals surface area contributed by atoms with Crippen molar-refractivity contribution in [1.29, 1.82) is 0 Å². The van der Waals surface area contributed by atoms with Gasteiger partial charge in [0.15, 0.2) is 0 Å². The predicted molar refractivity (Wildman–Crippen MR) is 157 cm³/mol. The fourth-order valence-electron chi connectivity index (χ4n) is 5.43. The summed E-state index contributed by atoms with van der Waals surface area (Å²) in [6.07, 6.45) is 3.89. The van der Waals surface area contributed by atoms with Crippen molar-refractivity contribution >= 4 is 56.6 Å². The highest BCUT2D eigenvalue weighted by Crippen LogP contribution is 2.39. The minimum absolute atomic E-state index is 0.00500. The molecular weight excluding hydrogens is 599 g/mol. The fourth-order valence-corrected chi connectivity index (χ4v) is 6.15. The maximum absolute atomic E-state index is 14.9. The third-order valence-corrected chi connectivity index (χ3v) is 8.57. The molecule has 0 unspecified atom stereocenters. The number of amides is 2. The maximum Gasteiger partial charge on any atom is 0.335 e. The molecule has 0 saturated carbocycles. The van der Waals surface area contributed by atoms with E-state index >= 15 is 0 Å². The van der Waals surface area contributed by atoms with E-state index in [2.05, 4.69) is 21.2 Å². The van der Waals surface area contributed by atoms with E-state index in [1.165, 1.54) is 18.2 Å². The number of carboxylic acid groups (broad SMARTS) is 1.